The summed E-state index contributed by atoms with van der Waals surface area (Å²) in [6.07, 6.45) is 5.36. The standard InChI is InChI=1S/C12H18N2O2/c1-12(2,13)7-14-10(15)8-5-3-4-6-9(8)11(14)16/h3-4,8-9H,5-7,13H2,1-2H3/t8-,9+. The molecule has 16 heavy (non-hydrogen) atoms. The van der Waals surface area contributed by atoms with Gasteiger partial charge < -0.3 is 5.73 Å². The number of fused-ring (bicyclic) bond motifs is 1. The second-order valence-electron chi connectivity index (χ2n) is 5.41. The molecule has 2 amide bonds. The number of hydrogen-bond acceptors (Lipinski definition) is 3. The van der Waals surface area contributed by atoms with E-state index in [0.717, 1.165) is 0 Å². The van der Waals surface area contributed by atoms with Gasteiger partial charge in [-0.05, 0) is 26.7 Å². The highest BCUT2D eigenvalue weighted by molar-refractivity contribution is 6.05. The molecule has 0 aromatic heterocycles. The highest BCUT2D eigenvalue weighted by Crippen LogP contribution is 2.35. The zero-order valence-electron chi connectivity index (χ0n) is 9.77. The fourth-order valence-electron chi connectivity index (χ4n) is 2.43. The normalized spacial score (nSPS) is 29.8. The van der Waals surface area contributed by atoms with Crippen molar-refractivity contribution in [1.29, 1.82) is 0 Å². The van der Waals surface area contributed by atoms with Crippen LogP contribution in [0.1, 0.15) is 26.7 Å². The summed E-state index contributed by atoms with van der Waals surface area (Å²) in [7, 11) is 0. The second-order valence-corrected chi connectivity index (χ2v) is 5.41. The Kier molecular flexibility index (Phi) is 2.62. The third-order valence-electron chi connectivity index (χ3n) is 3.16. The van der Waals surface area contributed by atoms with E-state index in [-0.39, 0.29) is 23.7 Å². The molecular weight excluding hydrogens is 204 g/mol. The predicted molar refractivity (Wildman–Crippen MR) is 60.3 cm³/mol. The van der Waals surface area contributed by atoms with Crippen molar-refractivity contribution in [3.8, 4) is 0 Å². The third kappa shape index (κ3) is 1.89. The Morgan fingerprint density at radius 1 is 1.25 bits per heavy atom. The minimum atomic E-state index is -0.522. The number of carbonyl (C=O) groups excluding carboxylic acids is 2. The predicted octanol–water partition coefficient (Wildman–Crippen LogP) is 0.675. The molecule has 0 spiro atoms. The summed E-state index contributed by atoms with van der Waals surface area (Å²) in [5.74, 6) is -0.365. The lowest BCUT2D eigenvalue weighted by Crippen LogP contribution is -2.47. The Balaban J connectivity index is 2.18. The van der Waals surface area contributed by atoms with Gasteiger partial charge in [0.1, 0.15) is 0 Å². The second kappa shape index (κ2) is 3.70. The molecule has 4 nitrogen and oxygen atoms in total. The lowest BCUT2D eigenvalue weighted by atomic mass is 9.85. The molecule has 4 heteroatoms. The van der Waals surface area contributed by atoms with Gasteiger partial charge in [0.2, 0.25) is 11.8 Å². The number of allylic oxidation sites excluding steroid dienone is 2. The van der Waals surface area contributed by atoms with Crippen LogP contribution in [0.2, 0.25) is 0 Å². The van der Waals surface area contributed by atoms with E-state index < -0.39 is 5.54 Å². The number of hydrogen-bond donors (Lipinski definition) is 1. The quantitative estimate of drug-likeness (QED) is 0.552. The van der Waals surface area contributed by atoms with Crippen LogP contribution in [0.25, 0.3) is 0 Å². The maximum Gasteiger partial charge on any atom is 0.233 e. The van der Waals surface area contributed by atoms with Gasteiger partial charge in [-0.2, -0.15) is 0 Å². The van der Waals surface area contributed by atoms with Gasteiger partial charge in [-0.3, -0.25) is 14.5 Å². The lowest BCUT2D eigenvalue weighted by Gasteiger charge is -2.25. The fourth-order valence-corrected chi connectivity index (χ4v) is 2.43. The first-order chi connectivity index (χ1) is 7.40. The van der Waals surface area contributed by atoms with Crippen LogP contribution < -0.4 is 5.73 Å². The van der Waals surface area contributed by atoms with Crippen LogP contribution >= 0.6 is 0 Å². The fraction of sp³-hybridized carbons (Fsp3) is 0.667. The van der Waals surface area contributed by atoms with Crippen molar-refractivity contribution in [2.75, 3.05) is 6.54 Å². The van der Waals surface area contributed by atoms with Gasteiger partial charge in [0.15, 0.2) is 0 Å². The SMILES string of the molecule is CC(C)(N)CN1C(=O)[C@H]2CC=CC[C@H]2C1=O. The largest absolute Gasteiger partial charge is 0.324 e. The molecule has 2 rings (SSSR count). The van der Waals surface area contributed by atoms with Crippen LogP contribution in [0.5, 0.6) is 0 Å². The van der Waals surface area contributed by atoms with Crippen molar-refractivity contribution >= 4 is 11.8 Å². The first-order valence-corrected chi connectivity index (χ1v) is 5.69. The number of amides is 2. The highest BCUT2D eigenvalue weighted by atomic mass is 16.2. The van der Waals surface area contributed by atoms with Gasteiger partial charge in [-0.15, -0.1) is 0 Å². The first kappa shape index (κ1) is 11.3. The molecule has 0 aromatic rings. The lowest BCUT2D eigenvalue weighted by molar-refractivity contribution is -0.140. The summed E-state index contributed by atoms with van der Waals surface area (Å²) < 4.78 is 0. The molecule has 0 radical (unpaired) electrons. The number of likely N-dealkylation sites (tertiary alicyclic amines) is 1. The Bertz CT molecular complexity index is 329. The summed E-state index contributed by atoms with van der Waals surface area (Å²) in [5, 5.41) is 0. The molecule has 2 aliphatic rings. The number of carbonyl (C=O) groups is 2. The van der Waals surface area contributed by atoms with E-state index in [1.54, 1.807) is 0 Å². The molecule has 1 heterocycles. The Morgan fingerprint density at radius 2 is 1.69 bits per heavy atom. The van der Waals surface area contributed by atoms with E-state index in [9.17, 15) is 9.59 Å². The summed E-state index contributed by atoms with van der Waals surface area (Å²) in [4.78, 5) is 25.4. The summed E-state index contributed by atoms with van der Waals surface area (Å²) in [5.41, 5.74) is 5.35. The van der Waals surface area contributed by atoms with Gasteiger partial charge in [0.25, 0.3) is 0 Å². The smallest absolute Gasteiger partial charge is 0.233 e. The molecule has 2 atom stereocenters. The van der Waals surface area contributed by atoms with Crippen molar-refractivity contribution < 1.29 is 9.59 Å². The zero-order chi connectivity index (χ0) is 11.9. The van der Waals surface area contributed by atoms with E-state index in [0.29, 0.717) is 19.4 Å². The monoisotopic (exact) mass is 222 g/mol. The molecule has 1 fully saturated rings. The topological polar surface area (TPSA) is 63.4 Å². The van der Waals surface area contributed by atoms with Crippen molar-refractivity contribution in [3.05, 3.63) is 12.2 Å². The average Bonchev–Trinajstić information content (AvgIpc) is 2.43. The molecule has 0 unspecified atom stereocenters. The minimum absolute atomic E-state index is 0.0436. The maximum atomic E-state index is 12.0. The average molecular weight is 222 g/mol. The first-order valence-electron chi connectivity index (χ1n) is 5.69. The van der Waals surface area contributed by atoms with Gasteiger partial charge in [0.05, 0.1) is 11.8 Å². The van der Waals surface area contributed by atoms with Gasteiger partial charge in [-0.25, -0.2) is 0 Å². The third-order valence-corrected chi connectivity index (χ3v) is 3.16. The summed E-state index contributed by atoms with van der Waals surface area (Å²) in [6.45, 7) is 3.97. The molecule has 2 N–H and O–H groups in total. The zero-order valence-corrected chi connectivity index (χ0v) is 9.77. The molecular formula is C12H18N2O2. The number of rotatable bonds is 2. The van der Waals surface area contributed by atoms with E-state index in [2.05, 4.69) is 0 Å². The minimum Gasteiger partial charge on any atom is -0.324 e. The van der Waals surface area contributed by atoms with Gasteiger partial charge in [0, 0.05) is 12.1 Å². The molecule has 0 saturated carbocycles. The van der Waals surface area contributed by atoms with E-state index in [4.69, 9.17) is 5.73 Å². The van der Waals surface area contributed by atoms with Crippen molar-refractivity contribution in [2.45, 2.75) is 32.2 Å². The summed E-state index contributed by atoms with van der Waals surface area (Å²) >= 11 is 0. The maximum absolute atomic E-state index is 12.0. The van der Waals surface area contributed by atoms with E-state index in [1.807, 2.05) is 26.0 Å². The molecule has 1 aliphatic heterocycles. The van der Waals surface area contributed by atoms with Crippen molar-refractivity contribution in [2.24, 2.45) is 17.6 Å². The molecule has 0 bridgehead atoms. The molecule has 1 aliphatic carbocycles. The van der Waals surface area contributed by atoms with Crippen molar-refractivity contribution in [3.63, 3.8) is 0 Å². The van der Waals surface area contributed by atoms with E-state index in [1.165, 1.54) is 4.90 Å². The molecule has 88 valence electrons. The highest BCUT2D eigenvalue weighted by Gasteiger charge is 2.47. The number of nitrogens with two attached hydrogens (primary N) is 1. The van der Waals surface area contributed by atoms with Crippen LogP contribution in [0.3, 0.4) is 0 Å². The molecule has 0 aromatic carbocycles. The van der Waals surface area contributed by atoms with Crippen LogP contribution in [0.4, 0.5) is 0 Å². The van der Waals surface area contributed by atoms with Crippen LogP contribution in [-0.4, -0.2) is 28.8 Å². The summed E-state index contributed by atoms with van der Waals surface area (Å²) in [6, 6.07) is 0. The Labute approximate surface area is 95.5 Å². The van der Waals surface area contributed by atoms with E-state index >= 15 is 0 Å². The van der Waals surface area contributed by atoms with Gasteiger partial charge >= 0.3 is 0 Å². The molecule has 1 saturated heterocycles. The van der Waals surface area contributed by atoms with Crippen LogP contribution in [0.15, 0.2) is 12.2 Å². The number of nitrogens with zero attached hydrogens (tertiary/aromatic N) is 1. The van der Waals surface area contributed by atoms with Crippen molar-refractivity contribution in [1.82, 2.24) is 4.90 Å². The van der Waals surface area contributed by atoms with Crippen LogP contribution in [0, 0.1) is 11.8 Å². The van der Waals surface area contributed by atoms with Gasteiger partial charge in [-0.1, -0.05) is 12.2 Å². The Morgan fingerprint density at radius 3 is 2.06 bits per heavy atom. The Hall–Kier alpha value is -1.16. The number of imide groups is 1. The van der Waals surface area contributed by atoms with Crippen LogP contribution in [-0.2, 0) is 9.59 Å².